The largest absolute Gasteiger partial charge is 0.336 e. The molecular weight excluding hydrogens is 356 g/mol. The van der Waals surface area contributed by atoms with E-state index in [0.717, 1.165) is 27.9 Å². The Kier molecular flexibility index (Phi) is 4.39. The van der Waals surface area contributed by atoms with Crippen LogP contribution in [0, 0.1) is 5.82 Å². The van der Waals surface area contributed by atoms with E-state index in [2.05, 4.69) is 9.97 Å². The standard InChI is InChI=1S/C20H14ClF2N3/c21-17-6-5-16-19(25-17)18(13-1-3-15(23)4-2-13)20(26(16)12-9-22)14-7-10-24-11-8-14/h1-8,10-11H,9,12H2. The summed E-state index contributed by atoms with van der Waals surface area (Å²) in [6.07, 6.45) is 3.36. The fourth-order valence-corrected chi connectivity index (χ4v) is 3.36. The van der Waals surface area contributed by atoms with Crippen molar-refractivity contribution in [1.82, 2.24) is 14.5 Å². The van der Waals surface area contributed by atoms with E-state index >= 15 is 0 Å². The molecule has 0 saturated heterocycles. The summed E-state index contributed by atoms with van der Waals surface area (Å²) >= 11 is 6.12. The zero-order valence-electron chi connectivity index (χ0n) is 13.7. The Morgan fingerprint density at radius 2 is 1.65 bits per heavy atom. The molecule has 4 rings (SSSR count). The van der Waals surface area contributed by atoms with Crippen molar-refractivity contribution in [3.05, 3.63) is 71.9 Å². The predicted molar refractivity (Wildman–Crippen MR) is 99.3 cm³/mol. The minimum absolute atomic E-state index is 0.179. The Morgan fingerprint density at radius 1 is 0.923 bits per heavy atom. The molecule has 0 aliphatic rings. The van der Waals surface area contributed by atoms with E-state index in [4.69, 9.17) is 11.6 Å². The second-order valence-corrected chi connectivity index (χ2v) is 6.20. The summed E-state index contributed by atoms with van der Waals surface area (Å²) in [5.74, 6) is -0.322. The highest BCUT2D eigenvalue weighted by molar-refractivity contribution is 6.30. The molecular formula is C20H14ClF2N3. The topological polar surface area (TPSA) is 30.7 Å². The Labute approximate surface area is 153 Å². The van der Waals surface area contributed by atoms with E-state index in [0.29, 0.717) is 10.7 Å². The Bertz CT molecular complexity index is 1060. The highest BCUT2D eigenvalue weighted by atomic mass is 35.5. The Hall–Kier alpha value is -2.79. The summed E-state index contributed by atoms with van der Waals surface area (Å²) in [7, 11) is 0. The molecule has 3 heterocycles. The van der Waals surface area contributed by atoms with Gasteiger partial charge < -0.3 is 4.57 Å². The van der Waals surface area contributed by atoms with E-state index in [1.54, 1.807) is 30.6 Å². The number of halogens is 3. The Morgan fingerprint density at radius 3 is 2.35 bits per heavy atom. The first-order valence-electron chi connectivity index (χ1n) is 8.10. The van der Waals surface area contributed by atoms with Gasteiger partial charge in [-0.25, -0.2) is 13.8 Å². The molecule has 26 heavy (non-hydrogen) atoms. The third-order valence-electron chi connectivity index (χ3n) is 4.27. The molecule has 0 amide bonds. The van der Waals surface area contributed by atoms with Crippen molar-refractivity contribution in [2.24, 2.45) is 0 Å². The van der Waals surface area contributed by atoms with Crippen LogP contribution in [0.2, 0.25) is 5.15 Å². The van der Waals surface area contributed by atoms with Gasteiger partial charge >= 0.3 is 0 Å². The number of aryl methyl sites for hydroxylation is 1. The SMILES string of the molecule is FCCn1c(-c2ccncc2)c(-c2ccc(F)cc2)c2nc(Cl)ccc21. The number of hydrogen-bond donors (Lipinski definition) is 0. The molecule has 0 aliphatic heterocycles. The summed E-state index contributed by atoms with van der Waals surface area (Å²) in [6.45, 7) is -0.341. The van der Waals surface area contributed by atoms with Crippen molar-refractivity contribution >= 4 is 22.6 Å². The van der Waals surface area contributed by atoms with Crippen molar-refractivity contribution < 1.29 is 8.78 Å². The molecule has 0 radical (unpaired) electrons. The molecule has 0 bridgehead atoms. The molecule has 3 nitrogen and oxygen atoms in total. The second-order valence-electron chi connectivity index (χ2n) is 5.81. The Balaban J connectivity index is 2.13. The van der Waals surface area contributed by atoms with Crippen molar-refractivity contribution in [2.45, 2.75) is 6.54 Å². The smallest absolute Gasteiger partial charge is 0.129 e. The minimum atomic E-state index is -0.520. The number of pyridine rings is 2. The molecule has 0 saturated carbocycles. The van der Waals surface area contributed by atoms with Crippen LogP contribution in [0.25, 0.3) is 33.4 Å². The first kappa shape index (κ1) is 16.7. The van der Waals surface area contributed by atoms with Crippen LogP contribution < -0.4 is 0 Å². The lowest BCUT2D eigenvalue weighted by Crippen LogP contribution is -2.02. The van der Waals surface area contributed by atoms with Crippen LogP contribution in [0.15, 0.2) is 60.9 Å². The summed E-state index contributed by atoms with van der Waals surface area (Å²) in [6, 6.07) is 13.4. The van der Waals surface area contributed by atoms with Crippen LogP contribution in [-0.4, -0.2) is 21.2 Å². The molecule has 0 atom stereocenters. The number of benzene rings is 1. The van der Waals surface area contributed by atoms with Gasteiger partial charge in [0.25, 0.3) is 0 Å². The van der Waals surface area contributed by atoms with E-state index < -0.39 is 6.67 Å². The number of aromatic nitrogens is 3. The zero-order chi connectivity index (χ0) is 18.1. The maximum atomic E-state index is 13.4. The van der Waals surface area contributed by atoms with Gasteiger partial charge in [-0.15, -0.1) is 0 Å². The van der Waals surface area contributed by atoms with Crippen molar-refractivity contribution in [3.63, 3.8) is 0 Å². The second kappa shape index (κ2) is 6.84. The van der Waals surface area contributed by atoms with Crippen molar-refractivity contribution in [1.29, 1.82) is 0 Å². The first-order chi connectivity index (χ1) is 12.7. The van der Waals surface area contributed by atoms with Gasteiger partial charge in [0.15, 0.2) is 0 Å². The molecule has 0 spiro atoms. The highest BCUT2D eigenvalue weighted by Gasteiger charge is 2.21. The number of hydrogen-bond acceptors (Lipinski definition) is 2. The van der Waals surface area contributed by atoms with E-state index in [1.807, 2.05) is 22.8 Å². The zero-order valence-corrected chi connectivity index (χ0v) is 14.4. The van der Waals surface area contributed by atoms with Crippen LogP contribution >= 0.6 is 11.6 Å². The van der Waals surface area contributed by atoms with Crippen LogP contribution in [0.3, 0.4) is 0 Å². The number of fused-ring (bicyclic) bond motifs is 1. The predicted octanol–water partition coefficient (Wildman–Crippen LogP) is 5.53. The maximum Gasteiger partial charge on any atom is 0.129 e. The number of rotatable bonds is 4. The summed E-state index contributed by atoms with van der Waals surface area (Å²) in [5.41, 5.74) is 4.70. The average molecular weight is 370 g/mol. The molecule has 4 aromatic rings. The van der Waals surface area contributed by atoms with Gasteiger partial charge in [0.2, 0.25) is 0 Å². The lowest BCUT2D eigenvalue weighted by molar-refractivity contribution is 0.452. The molecule has 0 unspecified atom stereocenters. The van der Waals surface area contributed by atoms with Crippen LogP contribution in [-0.2, 0) is 6.54 Å². The lowest BCUT2D eigenvalue weighted by Gasteiger charge is -2.11. The average Bonchev–Trinajstić information content (AvgIpc) is 2.97. The first-order valence-corrected chi connectivity index (χ1v) is 8.48. The molecule has 130 valence electrons. The van der Waals surface area contributed by atoms with E-state index in [-0.39, 0.29) is 12.4 Å². The minimum Gasteiger partial charge on any atom is -0.336 e. The van der Waals surface area contributed by atoms with Crippen molar-refractivity contribution in [2.75, 3.05) is 6.67 Å². The highest BCUT2D eigenvalue weighted by Crippen LogP contribution is 2.40. The van der Waals surface area contributed by atoms with Crippen LogP contribution in [0.5, 0.6) is 0 Å². The fraction of sp³-hybridized carbons (Fsp3) is 0.100. The van der Waals surface area contributed by atoms with Crippen LogP contribution in [0.4, 0.5) is 8.78 Å². The van der Waals surface area contributed by atoms with Gasteiger partial charge in [-0.2, -0.15) is 0 Å². The van der Waals surface area contributed by atoms with Gasteiger partial charge in [-0.3, -0.25) is 4.98 Å². The molecule has 1 aromatic carbocycles. The van der Waals surface area contributed by atoms with Gasteiger partial charge in [0.05, 0.1) is 23.3 Å². The van der Waals surface area contributed by atoms with Gasteiger partial charge in [-0.1, -0.05) is 23.7 Å². The molecule has 0 fully saturated rings. The summed E-state index contributed by atoms with van der Waals surface area (Å²) < 4.78 is 28.6. The summed E-state index contributed by atoms with van der Waals surface area (Å²) in [5, 5.41) is 0.347. The molecule has 3 aromatic heterocycles. The fourth-order valence-electron chi connectivity index (χ4n) is 3.21. The number of alkyl halides is 1. The van der Waals surface area contributed by atoms with Gasteiger partial charge in [0, 0.05) is 23.5 Å². The molecule has 0 aliphatic carbocycles. The monoisotopic (exact) mass is 369 g/mol. The normalized spacial score (nSPS) is 11.2. The van der Waals surface area contributed by atoms with Crippen LogP contribution in [0.1, 0.15) is 0 Å². The molecule has 0 N–H and O–H groups in total. The van der Waals surface area contributed by atoms with E-state index in [1.165, 1.54) is 12.1 Å². The lowest BCUT2D eigenvalue weighted by atomic mass is 10.0. The number of nitrogens with zero attached hydrogens (tertiary/aromatic N) is 3. The summed E-state index contributed by atoms with van der Waals surface area (Å²) in [4.78, 5) is 8.54. The third-order valence-corrected chi connectivity index (χ3v) is 4.48. The van der Waals surface area contributed by atoms with Gasteiger partial charge in [0.1, 0.15) is 17.6 Å². The third kappa shape index (κ3) is 2.84. The van der Waals surface area contributed by atoms with Crippen molar-refractivity contribution in [3.8, 4) is 22.4 Å². The van der Waals surface area contributed by atoms with E-state index in [9.17, 15) is 8.78 Å². The van der Waals surface area contributed by atoms with Gasteiger partial charge in [-0.05, 0) is 42.0 Å². The maximum absolute atomic E-state index is 13.4. The molecule has 6 heteroatoms. The quantitative estimate of drug-likeness (QED) is 0.443.